The number of rotatable bonds is 7. The number of nitrogens with two attached hydrogens (primary N) is 1. The van der Waals surface area contributed by atoms with Crippen LogP contribution in [0.15, 0.2) is 0 Å². The summed E-state index contributed by atoms with van der Waals surface area (Å²) >= 11 is 0. The number of hydrogen-bond acceptors (Lipinski definition) is 1. The predicted molar refractivity (Wildman–Crippen MR) is 60.8 cm³/mol. The first kappa shape index (κ1) is 13.0. The smallest absolute Gasteiger partial charge is 0.00206 e. The monoisotopic (exact) mass is 185 g/mol. The molecule has 0 saturated carbocycles. The zero-order valence-electron chi connectivity index (χ0n) is 9.90. The number of hydrogen-bond donors (Lipinski definition) is 1. The molecule has 0 radical (unpaired) electrons. The minimum absolute atomic E-state index is 0.425. The molecule has 0 aliphatic carbocycles. The van der Waals surface area contributed by atoms with E-state index in [0.29, 0.717) is 5.41 Å². The molecule has 0 bridgehead atoms. The molecular weight excluding hydrogens is 158 g/mol. The first-order valence-electron chi connectivity index (χ1n) is 5.84. The Hall–Kier alpha value is -0.0400. The van der Waals surface area contributed by atoms with Gasteiger partial charge in [-0.2, -0.15) is 0 Å². The lowest BCUT2D eigenvalue weighted by Crippen LogP contribution is -2.31. The van der Waals surface area contributed by atoms with Crippen LogP contribution >= 0.6 is 0 Å². The lowest BCUT2D eigenvalue weighted by Gasteiger charge is -2.33. The van der Waals surface area contributed by atoms with E-state index in [9.17, 15) is 0 Å². The van der Waals surface area contributed by atoms with Gasteiger partial charge in [-0.25, -0.2) is 0 Å². The Labute approximate surface area is 84.1 Å². The molecule has 1 heteroatoms. The van der Waals surface area contributed by atoms with Crippen molar-refractivity contribution in [2.75, 3.05) is 6.54 Å². The summed E-state index contributed by atoms with van der Waals surface area (Å²) < 4.78 is 0. The van der Waals surface area contributed by atoms with Crippen LogP contribution in [0.3, 0.4) is 0 Å². The van der Waals surface area contributed by atoms with Crippen LogP contribution in [0.4, 0.5) is 0 Å². The third-order valence-corrected chi connectivity index (χ3v) is 3.50. The lowest BCUT2D eigenvalue weighted by atomic mass is 9.74. The second-order valence-corrected chi connectivity index (χ2v) is 4.51. The molecule has 1 unspecified atom stereocenters. The van der Waals surface area contributed by atoms with E-state index in [0.717, 1.165) is 12.5 Å². The van der Waals surface area contributed by atoms with Gasteiger partial charge in [-0.05, 0) is 37.1 Å². The van der Waals surface area contributed by atoms with E-state index < -0.39 is 0 Å². The van der Waals surface area contributed by atoms with Crippen LogP contribution in [0.1, 0.15) is 59.8 Å². The van der Waals surface area contributed by atoms with Crippen molar-refractivity contribution >= 4 is 0 Å². The highest BCUT2D eigenvalue weighted by Gasteiger charge is 2.25. The zero-order valence-corrected chi connectivity index (χ0v) is 9.90. The van der Waals surface area contributed by atoms with E-state index in [4.69, 9.17) is 5.73 Å². The molecular formula is C12H27N. The summed E-state index contributed by atoms with van der Waals surface area (Å²) in [4.78, 5) is 0. The fourth-order valence-corrected chi connectivity index (χ4v) is 2.24. The van der Waals surface area contributed by atoms with Crippen LogP contribution < -0.4 is 5.73 Å². The summed E-state index contributed by atoms with van der Waals surface area (Å²) in [5, 5.41) is 0. The van der Waals surface area contributed by atoms with Gasteiger partial charge < -0.3 is 5.73 Å². The van der Waals surface area contributed by atoms with Crippen LogP contribution in [0.25, 0.3) is 0 Å². The molecule has 1 nitrogen and oxygen atoms in total. The largest absolute Gasteiger partial charge is 0.330 e. The summed E-state index contributed by atoms with van der Waals surface area (Å²) in [5.41, 5.74) is 6.30. The van der Waals surface area contributed by atoms with E-state index in [-0.39, 0.29) is 0 Å². The van der Waals surface area contributed by atoms with Crippen molar-refractivity contribution in [3.05, 3.63) is 0 Å². The highest BCUT2D eigenvalue weighted by Crippen LogP contribution is 2.34. The van der Waals surface area contributed by atoms with Gasteiger partial charge in [-0.1, -0.05) is 40.5 Å². The third-order valence-electron chi connectivity index (χ3n) is 3.50. The molecule has 0 saturated heterocycles. The topological polar surface area (TPSA) is 26.0 Å². The Morgan fingerprint density at radius 2 is 1.69 bits per heavy atom. The Morgan fingerprint density at radius 3 is 2.00 bits per heavy atom. The van der Waals surface area contributed by atoms with Gasteiger partial charge in [-0.3, -0.25) is 0 Å². The van der Waals surface area contributed by atoms with Gasteiger partial charge in [0.1, 0.15) is 0 Å². The highest BCUT2D eigenvalue weighted by molar-refractivity contribution is 4.79. The maximum Gasteiger partial charge on any atom is -0.00206 e. The summed E-state index contributed by atoms with van der Waals surface area (Å²) in [6, 6.07) is 0. The van der Waals surface area contributed by atoms with Crippen LogP contribution in [0.2, 0.25) is 0 Å². The molecule has 2 N–H and O–H groups in total. The first-order chi connectivity index (χ1) is 6.14. The lowest BCUT2D eigenvalue weighted by molar-refractivity contribution is 0.204. The summed E-state index contributed by atoms with van der Waals surface area (Å²) in [5.74, 6) is 0.841. The first-order valence-corrected chi connectivity index (χ1v) is 5.84. The molecule has 0 fully saturated rings. The molecule has 0 aromatic rings. The Bertz CT molecular complexity index is 108. The van der Waals surface area contributed by atoms with Crippen LogP contribution in [0, 0.1) is 11.3 Å². The summed E-state index contributed by atoms with van der Waals surface area (Å²) in [6.45, 7) is 10.0. The highest BCUT2D eigenvalue weighted by atomic mass is 14.6. The minimum atomic E-state index is 0.425. The molecule has 0 aliphatic rings. The second-order valence-electron chi connectivity index (χ2n) is 4.51. The van der Waals surface area contributed by atoms with Crippen molar-refractivity contribution in [2.24, 2.45) is 17.1 Å². The van der Waals surface area contributed by atoms with E-state index in [1.165, 1.54) is 32.1 Å². The van der Waals surface area contributed by atoms with Gasteiger partial charge in [-0.15, -0.1) is 0 Å². The summed E-state index contributed by atoms with van der Waals surface area (Å²) in [7, 11) is 0. The van der Waals surface area contributed by atoms with Gasteiger partial charge in [0.15, 0.2) is 0 Å². The average Bonchev–Trinajstić information content (AvgIpc) is 2.15. The van der Waals surface area contributed by atoms with Crippen molar-refractivity contribution in [3.8, 4) is 0 Å². The molecule has 0 rings (SSSR count). The Balaban J connectivity index is 4.07. The van der Waals surface area contributed by atoms with Crippen LogP contribution in [0.5, 0.6) is 0 Å². The molecule has 0 amide bonds. The zero-order chi connectivity index (χ0) is 10.3. The Morgan fingerprint density at radius 1 is 1.15 bits per heavy atom. The van der Waals surface area contributed by atoms with Crippen molar-refractivity contribution in [3.63, 3.8) is 0 Å². The average molecular weight is 185 g/mol. The van der Waals surface area contributed by atoms with Crippen LogP contribution in [-0.2, 0) is 0 Å². The van der Waals surface area contributed by atoms with Crippen molar-refractivity contribution in [2.45, 2.75) is 59.8 Å². The second kappa shape index (κ2) is 6.42. The van der Waals surface area contributed by atoms with E-state index in [1.807, 2.05) is 0 Å². The summed E-state index contributed by atoms with van der Waals surface area (Å²) in [6.07, 6.45) is 6.42. The van der Waals surface area contributed by atoms with E-state index in [1.54, 1.807) is 0 Å². The SMILES string of the molecule is CCCC(C)CC(CC)(CC)CN. The van der Waals surface area contributed by atoms with Crippen molar-refractivity contribution in [1.29, 1.82) is 0 Å². The maximum absolute atomic E-state index is 5.87. The maximum atomic E-state index is 5.87. The molecule has 0 spiro atoms. The van der Waals surface area contributed by atoms with Gasteiger partial charge in [0.05, 0.1) is 0 Å². The van der Waals surface area contributed by atoms with Gasteiger partial charge in [0.25, 0.3) is 0 Å². The molecule has 1 atom stereocenters. The third kappa shape index (κ3) is 4.12. The van der Waals surface area contributed by atoms with Crippen LogP contribution in [-0.4, -0.2) is 6.54 Å². The standard InChI is InChI=1S/C12H27N/c1-5-8-11(4)9-12(6-2,7-3)10-13/h11H,5-10,13H2,1-4H3. The van der Waals surface area contributed by atoms with E-state index in [2.05, 4.69) is 27.7 Å². The minimum Gasteiger partial charge on any atom is -0.330 e. The quantitative estimate of drug-likeness (QED) is 0.644. The van der Waals surface area contributed by atoms with Crippen molar-refractivity contribution < 1.29 is 0 Å². The fourth-order valence-electron chi connectivity index (χ4n) is 2.24. The van der Waals surface area contributed by atoms with Crippen molar-refractivity contribution in [1.82, 2.24) is 0 Å². The molecule has 0 aliphatic heterocycles. The Kier molecular flexibility index (Phi) is 6.40. The molecule has 0 aromatic heterocycles. The molecule has 0 aromatic carbocycles. The molecule has 0 heterocycles. The van der Waals surface area contributed by atoms with Gasteiger partial charge in [0, 0.05) is 0 Å². The van der Waals surface area contributed by atoms with E-state index >= 15 is 0 Å². The van der Waals surface area contributed by atoms with Gasteiger partial charge in [0.2, 0.25) is 0 Å². The van der Waals surface area contributed by atoms with Gasteiger partial charge >= 0.3 is 0 Å². The fraction of sp³-hybridized carbons (Fsp3) is 1.00. The molecule has 80 valence electrons. The normalized spacial score (nSPS) is 14.5. The predicted octanol–water partition coefficient (Wildman–Crippen LogP) is 3.58. The molecule has 13 heavy (non-hydrogen) atoms.